The Balaban J connectivity index is 2.63. The standard InChI is InChI=1S/C9H10FNO/c1-12-11-7-6-8-4-2-3-5-9(8)10/h2-5,7H,6H2,1H3. The van der Waals surface area contributed by atoms with Gasteiger partial charge in [-0.25, -0.2) is 4.39 Å². The number of halogens is 1. The zero-order valence-corrected chi connectivity index (χ0v) is 6.83. The van der Waals surface area contributed by atoms with Gasteiger partial charge in [-0.2, -0.15) is 0 Å². The Hall–Kier alpha value is -1.38. The van der Waals surface area contributed by atoms with Gasteiger partial charge >= 0.3 is 0 Å². The molecule has 3 heteroatoms. The molecule has 1 aromatic carbocycles. The van der Waals surface area contributed by atoms with Gasteiger partial charge < -0.3 is 4.84 Å². The van der Waals surface area contributed by atoms with Crippen molar-refractivity contribution in [2.24, 2.45) is 5.16 Å². The minimum atomic E-state index is -0.208. The van der Waals surface area contributed by atoms with Gasteiger partial charge in [0.15, 0.2) is 0 Å². The second-order valence-corrected chi connectivity index (χ2v) is 2.27. The lowest BCUT2D eigenvalue weighted by Crippen LogP contribution is -1.90. The van der Waals surface area contributed by atoms with E-state index in [1.54, 1.807) is 18.2 Å². The summed E-state index contributed by atoms with van der Waals surface area (Å²) < 4.78 is 12.9. The molecule has 0 radical (unpaired) electrons. The first-order valence-corrected chi connectivity index (χ1v) is 3.63. The largest absolute Gasteiger partial charge is 0.399 e. The average Bonchev–Trinajstić information content (AvgIpc) is 2.09. The fourth-order valence-corrected chi connectivity index (χ4v) is 0.874. The molecule has 0 saturated heterocycles. The number of nitrogens with zero attached hydrogens (tertiary/aromatic N) is 1. The van der Waals surface area contributed by atoms with E-state index in [2.05, 4.69) is 9.99 Å². The average molecular weight is 167 g/mol. The van der Waals surface area contributed by atoms with Gasteiger partial charge in [0.05, 0.1) is 0 Å². The van der Waals surface area contributed by atoms with Gasteiger partial charge in [-0.3, -0.25) is 0 Å². The zero-order valence-electron chi connectivity index (χ0n) is 6.83. The SMILES string of the molecule is CON=CCc1ccccc1F. The number of hydrogen-bond acceptors (Lipinski definition) is 2. The molecule has 0 aromatic heterocycles. The summed E-state index contributed by atoms with van der Waals surface area (Å²) in [5, 5.41) is 3.52. The summed E-state index contributed by atoms with van der Waals surface area (Å²) in [5.41, 5.74) is 0.623. The molecule has 0 atom stereocenters. The quantitative estimate of drug-likeness (QED) is 0.498. The normalized spacial score (nSPS) is 10.5. The first-order valence-electron chi connectivity index (χ1n) is 3.63. The van der Waals surface area contributed by atoms with E-state index in [0.717, 1.165) is 0 Å². The summed E-state index contributed by atoms with van der Waals surface area (Å²) in [7, 11) is 1.46. The molecule has 0 N–H and O–H groups in total. The van der Waals surface area contributed by atoms with Crippen molar-refractivity contribution in [2.75, 3.05) is 7.11 Å². The van der Waals surface area contributed by atoms with Crippen LogP contribution >= 0.6 is 0 Å². The van der Waals surface area contributed by atoms with Gasteiger partial charge in [0.25, 0.3) is 0 Å². The second-order valence-electron chi connectivity index (χ2n) is 2.27. The maximum Gasteiger partial charge on any atom is 0.126 e. The Kier molecular flexibility index (Phi) is 3.26. The predicted octanol–water partition coefficient (Wildman–Crippen LogP) is 2.00. The zero-order chi connectivity index (χ0) is 8.81. The Morgan fingerprint density at radius 1 is 1.50 bits per heavy atom. The number of oxime groups is 1. The number of rotatable bonds is 3. The predicted molar refractivity (Wildman–Crippen MR) is 45.6 cm³/mol. The van der Waals surface area contributed by atoms with Crippen molar-refractivity contribution in [3.8, 4) is 0 Å². The van der Waals surface area contributed by atoms with E-state index in [9.17, 15) is 4.39 Å². The molecule has 1 aromatic rings. The van der Waals surface area contributed by atoms with Crippen molar-refractivity contribution in [2.45, 2.75) is 6.42 Å². The van der Waals surface area contributed by atoms with Crippen molar-refractivity contribution in [1.29, 1.82) is 0 Å². The van der Waals surface area contributed by atoms with Crippen molar-refractivity contribution in [3.05, 3.63) is 35.6 Å². The molecule has 0 spiro atoms. The molecule has 64 valence electrons. The van der Waals surface area contributed by atoms with E-state index in [1.807, 2.05) is 0 Å². The van der Waals surface area contributed by atoms with Gasteiger partial charge in [0, 0.05) is 12.6 Å². The molecule has 0 fully saturated rings. The van der Waals surface area contributed by atoms with Crippen LogP contribution in [-0.2, 0) is 11.3 Å². The Labute approximate surface area is 70.7 Å². The highest BCUT2D eigenvalue weighted by Crippen LogP contribution is 2.05. The smallest absolute Gasteiger partial charge is 0.126 e. The first kappa shape index (κ1) is 8.71. The van der Waals surface area contributed by atoms with E-state index < -0.39 is 0 Å². The Morgan fingerprint density at radius 3 is 2.92 bits per heavy atom. The van der Waals surface area contributed by atoms with Crippen LogP contribution in [0.25, 0.3) is 0 Å². The molecular weight excluding hydrogens is 157 g/mol. The molecule has 1 rings (SSSR count). The van der Waals surface area contributed by atoms with Gasteiger partial charge in [0.2, 0.25) is 0 Å². The maximum atomic E-state index is 12.9. The highest BCUT2D eigenvalue weighted by atomic mass is 19.1. The molecule has 2 nitrogen and oxygen atoms in total. The molecule has 0 bridgehead atoms. The molecule has 0 aliphatic heterocycles. The summed E-state index contributed by atoms with van der Waals surface area (Å²) >= 11 is 0. The summed E-state index contributed by atoms with van der Waals surface area (Å²) in [6.45, 7) is 0. The fraction of sp³-hybridized carbons (Fsp3) is 0.222. The second kappa shape index (κ2) is 4.49. The van der Waals surface area contributed by atoms with E-state index >= 15 is 0 Å². The van der Waals surface area contributed by atoms with Crippen LogP contribution in [0, 0.1) is 5.82 Å². The highest BCUT2D eigenvalue weighted by molar-refractivity contribution is 5.60. The van der Waals surface area contributed by atoms with Gasteiger partial charge in [0.1, 0.15) is 12.9 Å². The minimum Gasteiger partial charge on any atom is -0.399 e. The lowest BCUT2D eigenvalue weighted by Gasteiger charge is -1.96. The monoisotopic (exact) mass is 167 g/mol. The summed E-state index contributed by atoms with van der Waals surface area (Å²) in [5.74, 6) is -0.208. The molecule has 0 amide bonds. The van der Waals surface area contributed by atoms with E-state index in [0.29, 0.717) is 12.0 Å². The summed E-state index contributed by atoms with van der Waals surface area (Å²) in [6.07, 6.45) is 1.99. The number of hydrogen-bond donors (Lipinski definition) is 0. The van der Waals surface area contributed by atoms with Crippen molar-refractivity contribution < 1.29 is 9.23 Å². The maximum absolute atomic E-state index is 12.9. The molecule has 0 heterocycles. The first-order chi connectivity index (χ1) is 5.84. The third kappa shape index (κ3) is 2.34. The van der Waals surface area contributed by atoms with Crippen molar-refractivity contribution in [1.82, 2.24) is 0 Å². The molecule has 0 unspecified atom stereocenters. The Morgan fingerprint density at radius 2 is 2.25 bits per heavy atom. The molecule has 0 aliphatic carbocycles. The highest BCUT2D eigenvalue weighted by Gasteiger charge is 1.96. The van der Waals surface area contributed by atoms with Crippen molar-refractivity contribution in [3.63, 3.8) is 0 Å². The van der Waals surface area contributed by atoms with Crippen LogP contribution in [0.2, 0.25) is 0 Å². The molecular formula is C9H10FNO. The van der Waals surface area contributed by atoms with E-state index in [4.69, 9.17) is 0 Å². The topological polar surface area (TPSA) is 21.6 Å². The minimum absolute atomic E-state index is 0.208. The van der Waals surface area contributed by atoms with E-state index in [1.165, 1.54) is 19.4 Å². The van der Waals surface area contributed by atoms with Gasteiger partial charge in [-0.15, -0.1) is 0 Å². The van der Waals surface area contributed by atoms with Crippen LogP contribution in [0.1, 0.15) is 5.56 Å². The van der Waals surface area contributed by atoms with Crippen LogP contribution in [0.4, 0.5) is 4.39 Å². The third-order valence-corrected chi connectivity index (χ3v) is 1.45. The van der Waals surface area contributed by atoms with Crippen LogP contribution in [0.5, 0.6) is 0 Å². The van der Waals surface area contributed by atoms with Crippen molar-refractivity contribution >= 4 is 6.21 Å². The van der Waals surface area contributed by atoms with Crippen LogP contribution < -0.4 is 0 Å². The van der Waals surface area contributed by atoms with E-state index in [-0.39, 0.29) is 5.82 Å². The lowest BCUT2D eigenvalue weighted by molar-refractivity contribution is 0.215. The lowest BCUT2D eigenvalue weighted by atomic mass is 10.1. The Bertz CT molecular complexity index is 273. The van der Waals surface area contributed by atoms with Gasteiger partial charge in [-0.1, -0.05) is 23.4 Å². The van der Waals surface area contributed by atoms with Crippen LogP contribution in [0.15, 0.2) is 29.4 Å². The fourth-order valence-electron chi connectivity index (χ4n) is 0.874. The van der Waals surface area contributed by atoms with Gasteiger partial charge in [-0.05, 0) is 11.6 Å². The van der Waals surface area contributed by atoms with Crippen LogP contribution in [-0.4, -0.2) is 13.3 Å². The molecule has 0 aliphatic rings. The summed E-state index contributed by atoms with van der Waals surface area (Å²) in [4.78, 5) is 4.45. The molecule has 0 saturated carbocycles. The third-order valence-electron chi connectivity index (χ3n) is 1.45. The summed E-state index contributed by atoms with van der Waals surface area (Å²) in [6, 6.07) is 6.60. The number of benzene rings is 1. The van der Waals surface area contributed by atoms with Crippen LogP contribution in [0.3, 0.4) is 0 Å². The molecule has 12 heavy (non-hydrogen) atoms.